The van der Waals surface area contributed by atoms with Gasteiger partial charge in [0.2, 0.25) is 0 Å². The highest BCUT2D eigenvalue weighted by molar-refractivity contribution is 4.64. The van der Waals surface area contributed by atoms with Gasteiger partial charge in [0.1, 0.15) is 12.7 Å². The van der Waals surface area contributed by atoms with E-state index in [-0.39, 0.29) is 19.8 Å². The van der Waals surface area contributed by atoms with Crippen molar-refractivity contribution >= 4 is 0 Å². The van der Waals surface area contributed by atoms with Gasteiger partial charge in [-0.1, -0.05) is 6.08 Å². The highest BCUT2D eigenvalue weighted by atomic mass is 19.3. The van der Waals surface area contributed by atoms with Gasteiger partial charge in [-0.25, -0.2) is 0 Å². The molecule has 0 radical (unpaired) electrons. The molecule has 0 amide bonds. The minimum absolute atomic E-state index is 0.0277. The van der Waals surface area contributed by atoms with Crippen LogP contribution in [0.4, 0.5) is 8.78 Å². The average molecular weight is 328 g/mol. The fraction of sp³-hybridized carbons (Fsp3) is 0.857. The number of halogens is 2. The molecule has 0 spiro atoms. The van der Waals surface area contributed by atoms with Crippen molar-refractivity contribution in [1.82, 2.24) is 0 Å². The first kappa shape index (κ1) is 21.4. The lowest BCUT2D eigenvalue weighted by Gasteiger charge is -2.15. The molecule has 0 aromatic carbocycles. The summed E-state index contributed by atoms with van der Waals surface area (Å²) < 4.78 is 38.8. The van der Waals surface area contributed by atoms with Crippen molar-refractivity contribution in [2.45, 2.75) is 37.6 Å². The van der Waals surface area contributed by atoms with Crippen LogP contribution in [0.1, 0.15) is 19.3 Å². The van der Waals surface area contributed by atoms with Crippen LogP contribution in [0.3, 0.4) is 0 Å². The minimum Gasteiger partial charge on any atom is -0.391 e. The largest absolute Gasteiger partial charge is 0.391 e. The van der Waals surface area contributed by atoms with Crippen molar-refractivity contribution in [3.8, 4) is 0 Å². The monoisotopic (exact) mass is 328 g/mol. The highest BCUT2D eigenvalue weighted by Gasteiger charge is 2.24. The number of aliphatic hydroxyl groups is 3. The molecule has 2 atom stereocenters. The maximum atomic E-state index is 12.0. The van der Waals surface area contributed by atoms with E-state index in [1.807, 2.05) is 0 Å². The third-order valence-electron chi connectivity index (χ3n) is 2.50. The number of ether oxygens (including phenoxy) is 3. The maximum absolute atomic E-state index is 12.0. The van der Waals surface area contributed by atoms with E-state index in [0.717, 1.165) is 6.42 Å². The van der Waals surface area contributed by atoms with Crippen LogP contribution >= 0.6 is 0 Å². The van der Waals surface area contributed by atoms with Gasteiger partial charge < -0.3 is 29.5 Å². The van der Waals surface area contributed by atoms with Crippen LogP contribution in [0.25, 0.3) is 0 Å². The second kappa shape index (κ2) is 12.9. The zero-order valence-electron chi connectivity index (χ0n) is 12.6. The highest BCUT2D eigenvalue weighted by Crippen LogP contribution is 2.08. The molecular formula is C14H26F2O6. The number of hydrogen-bond acceptors (Lipinski definition) is 6. The van der Waals surface area contributed by atoms with Gasteiger partial charge in [-0.2, -0.15) is 8.78 Å². The Kier molecular flexibility index (Phi) is 12.5. The molecule has 0 saturated heterocycles. The summed E-state index contributed by atoms with van der Waals surface area (Å²) in [6.07, 6.45) is -1.97. The molecule has 0 rings (SSSR count). The molecule has 8 heteroatoms. The van der Waals surface area contributed by atoms with E-state index >= 15 is 0 Å². The van der Waals surface area contributed by atoms with Crippen molar-refractivity contribution in [3.05, 3.63) is 12.7 Å². The van der Waals surface area contributed by atoms with Gasteiger partial charge in [-0.15, -0.1) is 6.58 Å². The van der Waals surface area contributed by atoms with E-state index in [1.165, 1.54) is 0 Å². The molecule has 0 saturated carbocycles. The van der Waals surface area contributed by atoms with E-state index in [2.05, 4.69) is 11.3 Å². The van der Waals surface area contributed by atoms with Gasteiger partial charge in [0.15, 0.2) is 0 Å². The van der Waals surface area contributed by atoms with Crippen molar-refractivity contribution < 1.29 is 38.3 Å². The molecule has 6 nitrogen and oxygen atoms in total. The van der Waals surface area contributed by atoms with Gasteiger partial charge in [-0.05, 0) is 19.3 Å². The fourth-order valence-corrected chi connectivity index (χ4v) is 1.48. The van der Waals surface area contributed by atoms with Crippen LogP contribution in [0.2, 0.25) is 0 Å². The number of alkyl halides is 2. The smallest absolute Gasteiger partial charge is 0.376 e. The van der Waals surface area contributed by atoms with Gasteiger partial charge in [0.05, 0.1) is 25.9 Å². The first-order chi connectivity index (χ1) is 10.3. The molecule has 0 aliphatic rings. The second-order valence-corrected chi connectivity index (χ2v) is 4.86. The standard InChI is InChI=1S/C14H26F2O6/c1-2-3-6-20-7-4-5-12(17)8-21-9-13(18)10-22-11-14(15,16)19/h2,12-13,17-19H,1,3-11H2. The normalized spacial score (nSPS) is 14.8. The zero-order chi connectivity index (χ0) is 16.8. The number of rotatable bonds is 15. The van der Waals surface area contributed by atoms with Crippen LogP contribution in [0.5, 0.6) is 0 Å². The lowest BCUT2D eigenvalue weighted by atomic mass is 10.2. The van der Waals surface area contributed by atoms with Gasteiger partial charge >= 0.3 is 6.11 Å². The summed E-state index contributed by atoms with van der Waals surface area (Å²) in [5.41, 5.74) is 0. The molecule has 0 fully saturated rings. The summed E-state index contributed by atoms with van der Waals surface area (Å²) in [6.45, 7) is 3.03. The predicted octanol–water partition coefficient (Wildman–Crippen LogP) is 0.699. The zero-order valence-corrected chi connectivity index (χ0v) is 12.6. The summed E-state index contributed by atoms with van der Waals surface area (Å²) in [4.78, 5) is 0. The van der Waals surface area contributed by atoms with Gasteiger partial charge in [0.25, 0.3) is 0 Å². The predicted molar refractivity (Wildman–Crippen MR) is 75.7 cm³/mol. The minimum atomic E-state index is -3.91. The lowest BCUT2D eigenvalue weighted by molar-refractivity contribution is -0.235. The summed E-state index contributed by atoms with van der Waals surface area (Å²) in [5.74, 6) is 0. The summed E-state index contributed by atoms with van der Waals surface area (Å²) in [7, 11) is 0. The Morgan fingerprint density at radius 3 is 2.27 bits per heavy atom. The van der Waals surface area contributed by atoms with Crippen LogP contribution in [-0.2, 0) is 14.2 Å². The molecule has 2 unspecified atom stereocenters. The first-order valence-corrected chi connectivity index (χ1v) is 7.15. The Hall–Kier alpha value is -0.640. The average Bonchev–Trinajstić information content (AvgIpc) is 2.41. The van der Waals surface area contributed by atoms with E-state index in [1.54, 1.807) is 6.08 Å². The molecule has 3 N–H and O–H groups in total. The molecule has 0 heterocycles. The third-order valence-corrected chi connectivity index (χ3v) is 2.50. The van der Waals surface area contributed by atoms with E-state index in [4.69, 9.17) is 14.6 Å². The Labute approximate surface area is 129 Å². The van der Waals surface area contributed by atoms with Crippen molar-refractivity contribution in [2.24, 2.45) is 0 Å². The molecule has 0 aliphatic heterocycles. The third kappa shape index (κ3) is 15.7. The molecule has 0 bridgehead atoms. The van der Waals surface area contributed by atoms with Crippen LogP contribution in [0.15, 0.2) is 12.7 Å². The van der Waals surface area contributed by atoms with Gasteiger partial charge in [0, 0.05) is 13.2 Å². The first-order valence-electron chi connectivity index (χ1n) is 7.15. The summed E-state index contributed by atoms with van der Waals surface area (Å²) in [5, 5.41) is 27.1. The van der Waals surface area contributed by atoms with E-state index in [0.29, 0.717) is 26.1 Å². The molecule has 0 aromatic heterocycles. The molecule has 0 aliphatic carbocycles. The topological polar surface area (TPSA) is 88.4 Å². The van der Waals surface area contributed by atoms with Crippen LogP contribution < -0.4 is 0 Å². The molecule has 132 valence electrons. The maximum Gasteiger partial charge on any atom is 0.376 e. The molecule has 0 aromatic rings. The Bertz CT molecular complexity index is 273. The Morgan fingerprint density at radius 2 is 1.64 bits per heavy atom. The van der Waals surface area contributed by atoms with E-state index in [9.17, 15) is 19.0 Å². The van der Waals surface area contributed by atoms with Crippen molar-refractivity contribution in [2.75, 3.05) is 39.6 Å². The van der Waals surface area contributed by atoms with E-state index < -0.39 is 24.9 Å². The Morgan fingerprint density at radius 1 is 1.00 bits per heavy atom. The molecular weight excluding hydrogens is 302 g/mol. The SMILES string of the molecule is C=CCCOCCCC(O)COCC(O)COCC(O)(F)F. The number of hydrogen-bond donors (Lipinski definition) is 3. The van der Waals surface area contributed by atoms with Crippen molar-refractivity contribution in [3.63, 3.8) is 0 Å². The van der Waals surface area contributed by atoms with Crippen molar-refractivity contribution in [1.29, 1.82) is 0 Å². The summed E-state index contributed by atoms with van der Waals surface area (Å²) in [6, 6.07) is 0. The fourth-order valence-electron chi connectivity index (χ4n) is 1.48. The molecule has 22 heavy (non-hydrogen) atoms. The van der Waals surface area contributed by atoms with Crippen LogP contribution in [0, 0.1) is 0 Å². The van der Waals surface area contributed by atoms with Crippen LogP contribution in [-0.4, -0.2) is 73.3 Å². The number of aliphatic hydroxyl groups excluding tert-OH is 2. The quantitative estimate of drug-likeness (QED) is 0.303. The summed E-state index contributed by atoms with van der Waals surface area (Å²) >= 11 is 0. The Balaban J connectivity index is 3.42. The van der Waals surface area contributed by atoms with Gasteiger partial charge in [-0.3, -0.25) is 0 Å². The second-order valence-electron chi connectivity index (χ2n) is 4.86. The lowest BCUT2D eigenvalue weighted by Crippen LogP contribution is -2.29.